The normalized spacial score (nSPS) is 11.7. The standard InChI is InChI=1S/C16H16BrNO4/c1-11(16(20)18-10-14-3-2-8-21-14)22-15(19)9-12-4-6-13(17)7-5-12/h2-8,11H,9-10H2,1H3,(H,18,20)/t11-/m1/s1. The maximum atomic E-state index is 11.8. The van der Waals surface area contributed by atoms with Gasteiger partial charge in [-0.2, -0.15) is 0 Å². The van der Waals surface area contributed by atoms with Gasteiger partial charge in [0.15, 0.2) is 6.10 Å². The van der Waals surface area contributed by atoms with E-state index in [1.165, 1.54) is 13.2 Å². The molecule has 22 heavy (non-hydrogen) atoms. The highest BCUT2D eigenvalue weighted by atomic mass is 79.9. The topological polar surface area (TPSA) is 68.5 Å². The summed E-state index contributed by atoms with van der Waals surface area (Å²) in [4.78, 5) is 23.6. The number of rotatable bonds is 6. The van der Waals surface area contributed by atoms with Crippen molar-refractivity contribution in [2.24, 2.45) is 0 Å². The second kappa shape index (κ2) is 7.79. The van der Waals surface area contributed by atoms with Crippen molar-refractivity contribution in [1.29, 1.82) is 0 Å². The van der Waals surface area contributed by atoms with E-state index in [1.807, 2.05) is 24.3 Å². The van der Waals surface area contributed by atoms with Gasteiger partial charge in [0.1, 0.15) is 5.76 Å². The molecular weight excluding hydrogens is 350 g/mol. The molecule has 6 heteroatoms. The SMILES string of the molecule is C[C@@H](OC(=O)Cc1ccc(Br)cc1)C(=O)NCc1ccco1. The molecule has 1 N–H and O–H groups in total. The molecule has 0 spiro atoms. The quantitative estimate of drug-likeness (QED) is 0.799. The average Bonchev–Trinajstić information content (AvgIpc) is 3.00. The van der Waals surface area contributed by atoms with Gasteiger partial charge in [-0.05, 0) is 36.8 Å². The van der Waals surface area contributed by atoms with E-state index in [-0.39, 0.29) is 18.9 Å². The third kappa shape index (κ3) is 5.04. The number of nitrogens with one attached hydrogen (secondary N) is 1. The molecule has 2 rings (SSSR count). The maximum absolute atomic E-state index is 11.8. The molecule has 0 aliphatic carbocycles. The van der Waals surface area contributed by atoms with E-state index >= 15 is 0 Å². The number of hydrogen-bond donors (Lipinski definition) is 1. The van der Waals surface area contributed by atoms with Gasteiger partial charge >= 0.3 is 5.97 Å². The maximum Gasteiger partial charge on any atom is 0.311 e. The van der Waals surface area contributed by atoms with E-state index in [1.54, 1.807) is 12.1 Å². The van der Waals surface area contributed by atoms with E-state index in [4.69, 9.17) is 9.15 Å². The first-order chi connectivity index (χ1) is 10.5. The molecule has 0 saturated heterocycles. The Hall–Kier alpha value is -2.08. The first kappa shape index (κ1) is 16.3. The highest BCUT2D eigenvalue weighted by Gasteiger charge is 2.18. The van der Waals surface area contributed by atoms with Crippen LogP contribution in [0.15, 0.2) is 51.6 Å². The smallest absolute Gasteiger partial charge is 0.311 e. The van der Waals surface area contributed by atoms with Gasteiger partial charge in [-0.1, -0.05) is 28.1 Å². The van der Waals surface area contributed by atoms with Crippen LogP contribution in [0.2, 0.25) is 0 Å². The summed E-state index contributed by atoms with van der Waals surface area (Å²) < 4.78 is 11.2. The molecule has 0 aliphatic rings. The van der Waals surface area contributed by atoms with Gasteiger partial charge in [0.2, 0.25) is 0 Å². The van der Waals surface area contributed by atoms with Crippen molar-refractivity contribution in [3.05, 3.63) is 58.5 Å². The molecule has 1 heterocycles. The van der Waals surface area contributed by atoms with Crippen molar-refractivity contribution in [1.82, 2.24) is 5.32 Å². The lowest BCUT2D eigenvalue weighted by Crippen LogP contribution is -2.35. The zero-order valence-corrected chi connectivity index (χ0v) is 13.6. The van der Waals surface area contributed by atoms with Crippen LogP contribution in [-0.2, 0) is 27.3 Å². The summed E-state index contributed by atoms with van der Waals surface area (Å²) in [7, 11) is 0. The third-order valence-electron chi connectivity index (χ3n) is 2.96. The Morgan fingerprint density at radius 2 is 2.00 bits per heavy atom. The molecule has 1 atom stereocenters. The van der Waals surface area contributed by atoms with Crippen LogP contribution in [-0.4, -0.2) is 18.0 Å². The number of ether oxygens (including phenoxy) is 1. The van der Waals surface area contributed by atoms with Crippen molar-refractivity contribution in [3.63, 3.8) is 0 Å². The summed E-state index contributed by atoms with van der Waals surface area (Å²) in [5.41, 5.74) is 0.830. The van der Waals surface area contributed by atoms with Crippen molar-refractivity contribution in [2.45, 2.75) is 26.0 Å². The van der Waals surface area contributed by atoms with E-state index < -0.39 is 12.1 Å². The van der Waals surface area contributed by atoms with Crippen LogP contribution in [0.25, 0.3) is 0 Å². The fraction of sp³-hybridized carbons (Fsp3) is 0.250. The van der Waals surface area contributed by atoms with Crippen LogP contribution < -0.4 is 5.32 Å². The molecule has 0 saturated carbocycles. The lowest BCUT2D eigenvalue weighted by Gasteiger charge is -2.13. The van der Waals surface area contributed by atoms with E-state index in [0.717, 1.165) is 10.0 Å². The van der Waals surface area contributed by atoms with Crippen molar-refractivity contribution in [3.8, 4) is 0 Å². The number of benzene rings is 1. The Kier molecular flexibility index (Phi) is 5.77. The van der Waals surface area contributed by atoms with Gasteiger partial charge in [-0.3, -0.25) is 9.59 Å². The predicted molar refractivity (Wildman–Crippen MR) is 84.0 cm³/mol. The van der Waals surface area contributed by atoms with Crippen LogP contribution in [0.3, 0.4) is 0 Å². The molecule has 2 aromatic rings. The van der Waals surface area contributed by atoms with Crippen LogP contribution in [0.1, 0.15) is 18.2 Å². The minimum absolute atomic E-state index is 0.128. The number of furan rings is 1. The van der Waals surface area contributed by atoms with Crippen molar-refractivity contribution < 1.29 is 18.7 Å². The first-order valence-corrected chi connectivity index (χ1v) is 7.58. The van der Waals surface area contributed by atoms with Crippen LogP contribution in [0, 0.1) is 0 Å². The van der Waals surface area contributed by atoms with Crippen LogP contribution in [0.4, 0.5) is 0 Å². The van der Waals surface area contributed by atoms with Gasteiger partial charge in [-0.25, -0.2) is 0 Å². The minimum atomic E-state index is -0.849. The molecule has 1 amide bonds. The van der Waals surface area contributed by atoms with Gasteiger partial charge in [0, 0.05) is 4.47 Å². The molecule has 116 valence electrons. The van der Waals surface area contributed by atoms with Crippen molar-refractivity contribution >= 4 is 27.8 Å². The Morgan fingerprint density at radius 1 is 1.27 bits per heavy atom. The largest absolute Gasteiger partial charge is 0.467 e. The Labute approximate surface area is 136 Å². The molecule has 0 fully saturated rings. The van der Waals surface area contributed by atoms with Gasteiger partial charge < -0.3 is 14.5 Å². The van der Waals surface area contributed by atoms with Crippen LogP contribution >= 0.6 is 15.9 Å². The van der Waals surface area contributed by atoms with E-state index in [2.05, 4.69) is 21.2 Å². The molecule has 0 radical (unpaired) electrons. The Morgan fingerprint density at radius 3 is 2.64 bits per heavy atom. The second-order valence-corrected chi connectivity index (χ2v) is 5.65. The summed E-state index contributed by atoms with van der Waals surface area (Å²) in [5.74, 6) is -0.162. The second-order valence-electron chi connectivity index (χ2n) is 4.73. The lowest BCUT2D eigenvalue weighted by molar-refractivity contribution is -0.154. The third-order valence-corrected chi connectivity index (χ3v) is 3.48. The number of hydrogen-bond acceptors (Lipinski definition) is 4. The highest BCUT2D eigenvalue weighted by Crippen LogP contribution is 2.11. The fourth-order valence-electron chi connectivity index (χ4n) is 1.79. The summed E-state index contributed by atoms with van der Waals surface area (Å²) in [6, 6.07) is 10.8. The molecule has 5 nitrogen and oxygen atoms in total. The van der Waals surface area contributed by atoms with Gasteiger partial charge in [0.05, 0.1) is 19.2 Å². The Balaban J connectivity index is 1.77. The summed E-state index contributed by atoms with van der Waals surface area (Å²) in [6.45, 7) is 1.80. The highest BCUT2D eigenvalue weighted by molar-refractivity contribution is 9.10. The molecule has 0 aliphatic heterocycles. The average molecular weight is 366 g/mol. The van der Waals surface area contributed by atoms with Gasteiger partial charge in [0.25, 0.3) is 5.91 Å². The lowest BCUT2D eigenvalue weighted by atomic mass is 10.1. The molecule has 1 aromatic carbocycles. The minimum Gasteiger partial charge on any atom is -0.467 e. The summed E-state index contributed by atoms with van der Waals surface area (Å²) >= 11 is 3.33. The molecule has 1 aromatic heterocycles. The monoisotopic (exact) mass is 365 g/mol. The number of carbonyl (C=O) groups is 2. The van der Waals surface area contributed by atoms with Crippen LogP contribution in [0.5, 0.6) is 0 Å². The predicted octanol–water partition coefficient (Wildman–Crippen LogP) is 2.83. The van der Waals surface area contributed by atoms with Crippen molar-refractivity contribution in [2.75, 3.05) is 0 Å². The zero-order valence-electron chi connectivity index (χ0n) is 12.0. The molecule has 0 bridgehead atoms. The van der Waals surface area contributed by atoms with E-state index in [0.29, 0.717) is 5.76 Å². The number of carbonyl (C=O) groups excluding carboxylic acids is 2. The molecular formula is C16H16BrNO4. The number of esters is 1. The zero-order chi connectivity index (χ0) is 15.9. The Bertz CT molecular complexity index is 622. The van der Waals surface area contributed by atoms with E-state index in [9.17, 15) is 9.59 Å². The number of halogens is 1. The summed E-state index contributed by atoms with van der Waals surface area (Å²) in [6.07, 6.45) is 0.810. The summed E-state index contributed by atoms with van der Waals surface area (Å²) in [5, 5.41) is 2.65. The first-order valence-electron chi connectivity index (χ1n) is 6.78. The number of amides is 1. The fourth-order valence-corrected chi connectivity index (χ4v) is 2.06. The van der Waals surface area contributed by atoms with Gasteiger partial charge in [-0.15, -0.1) is 0 Å². The molecule has 0 unspecified atom stereocenters.